The summed E-state index contributed by atoms with van der Waals surface area (Å²) in [4.78, 5) is 56.9. The van der Waals surface area contributed by atoms with E-state index < -0.39 is 11.2 Å². The monoisotopic (exact) mass is 482 g/mol. The van der Waals surface area contributed by atoms with Crippen LogP contribution >= 0.6 is 0 Å². The molecule has 3 rings (SSSR count). The number of rotatable bonds is 11. The number of H-pyrrole nitrogens is 1. The standard InChI is InChI=1S/C25H34N6O4/c1-5-6-13-30-23-22(24(34)29-25(30)35)31(15-16(2)3)19(28-23)11-12-20(32)27-18-10-8-7-9-17(18)14-21(33)26-4/h7-10,16H,5-6,11-15H2,1-4H3,(H,26,33)(H,27,32)(H,29,34,35). The number of imidazole rings is 1. The van der Waals surface area contributed by atoms with Crippen molar-refractivity contribution in [1.29, 1.82) is 0 Å². The van der Waals surface area contributed by atoms with E-state index in [2.05, 4.69) is 20.6 Å². The molecule has 0 aliphatic heterocycles. The van der Waals surface area contributed by atoms with Crippen molar-refractivity contribution in [2.24, 2.45) is 5.92 Å². The van der Waals surface area contributed by atoms with Gasteiger partial charge in [0.15, 0.2) is 11.2 Å². The first-order valence-electron chi connectivity index (χ1n) is 12.1. The Morgan fingerprint density at radius 1 is 1.11 bits per heavy atom. The molecule has 2 amide bonds. The maximum absolute atomic E-state index is 12.8. The van der Waals surface area contributed by atoms with Crippen LogP contribution in [-0.2, 0) is 35.5 Å². The van der Waals surface area contributed by atoms with E-state index in [1.54, 1.807) is 25.2 Å². The molecule has 35 heavy (non-hydrogen) atoms. The molecular formula is C25H34N6O4. The Hall–Kier alpha value is -3.69. The first-order chi connectivity index (χ1) is 16.7. The van der Waals surface area contributed by atoms with Crippen molar-refractivity contribution in [3.8, 4) is 0 Å². The van der Waals surface area contributed by atoms with Crippen LogP contribution in [0.5, 0.6) is 0 Å². The number of nitrogens with zero attached hydrogens (tertiary/aromatic N) is 3. The predicted molar refractivity (Wildman–Crippen MR) is 136 cm³/mol. The highest BCUT2D eigenvalue weighted by atomic mass is 16.2. The summed E-state index contributed by atoms with van der Waals surface area (Å²) in [6.07, 6.45) is 2.27. The normalized spacial score (nSPS) is 11.2. The fourth-order valence-corrected chi connectivity index (χ4v) is 3.99. The Bertz CT molecular complexity index is 1320. The third-order valence-corrected chi connectivity index (χ3v) is 5.74. The minimum atomic E-state index is -0.470. The lowest BCUT2D eigenvalue weighted by atomic mass is 10.1. The second-order valence-corrected chi connectivity index (χ2v) is 9.02. The zero-order valence-electron chi connectivity index (χ0n) is 20.8. The number of aryl methyl sites for hydroxylation is 2. The van der Waals surface area contributed by atoms with Crippen LogP contribution in [0, 0.1) is 5.92 Å². The molecule has 3 N–H and O–H groups in total. The van der Waals surface area contributed by atoms with Crippen LogP contribution in [0.3, 0.4) is 0 Å². The molecule has 0 saturated heterocycles. The molecule has 0 radical (unpaired) electrons. The van der Waals surface area contributed by atoms with Gasteiger partial charge in [-0.05, 0) is 24.0 Å². The number of unbranched alkanes of at least 4 members (excludes halogenated alkanes) is 1. The van der Waals surface area contributed by atoms with Gasteiger partial charge < -0.3 is 15.2 Å². The maximum atomic E-state index is 12.8. The predicted octanol–water partition coefficient (Wildman–Crippen LogP) is 2.20. The van der Waals surface area contributed by atoms with Crippen molar-refractivity contribution in [3.05, 3.63) is 56.5 Å². The van der Waals surface area contributed by atoms with Crippen molar-refractivity contribution >= 4 is 28.7 Å². The largest absolute Gasteiger partial charge is 0.359 e. The lowest BCUT2D eigenvalue weighted by Gasteiger charge is -2.12. The molecule has 3 aromatic rings. The number of nitrogens with one attached hydrogen (secondary N) is 3. The molecule has 0 spiro atoms. The second-order valence-electron chi connectivity index (χ2n) is 9.02. The number of hydrogen-bond donors (Lipinski definition) is 3. The average Bonchev–Trinajstić information content (AvgIpc) is 3.16. The molecule has 0 bridgehead atoms. The fourth-order valence-electron chi connectivity index (χ4n) is 3.99. The molecule has 10 heteroatoms. The van der Waals surface area contributed by atoms with Crippen LogP contribution in [0.4, 0.5) is 5.69 Å². The summed E-state index contributed by atoms with van der Waals surface area (Å²) in [7, 11) is 1.57. The smallest absolute Gasteiger partial charge is 0.330 e. The number of carbonyl (C=O) groups is 2. The molecule has 2 aromatic heterocycles. The van der Waals surface area contributed by atoms with Gasteiger partial charge in [0.2, 0.25) is 11.8 Å². The molecular weight excluding hydrogens is 448 g/mol. The number of carbonyl (C=O) groups excluding carboxylic acids is 2. The number of fused-ring (bicyclic) bond motifs is 1. The molecule has 0 atom stereocenters. The SMILES string of the molecule is CCCCn1c(=O)[nH]c(=O)c2c1nc(CCC(=O)Nc1ccccc1CC(=O)NC)n2CC(C)C. The van der Waals surface area contributed by atoms with E-state index in [0.29, 0.717) is 42.2 Å². The lowest BCUT2D eigenvalue weighted by Crippen LogP contribution is -2.31. The van der Waals surface area contributed by atoms with Crippen LogP contribution in [0.15, 0.2) is 33.9 Å². The van der Waals surface area contributed by atoms with E-state index in [9.17, 15) is 19.2 Å². The molecule has 0 fully saturated rings. The highest BCUT2D eigenvalue weighted by Crippen LogP contribution is 2.18. The quantitative estimate of drug-likeness (QED) is 0.386. The van der Waals surface area contributed by atoms with Gasteiger partial charge in [-0.2, -0.15) is 0 Å². The third kappa shape index (κ3) is 6.26. The summed E-state index contributed by atoms with van der Waals surface area (Å²) in [5.41, 5.74) is 1.09. The first-order valence-corrected chi connectivity index (χ1v) is 12.1. The lowest BCUT2D eigenvalue weighted by molar-refractivity contribution is -0.120. The van der Waals surface area contributed by atoms with Gasteiger partial charge in [0.05, 0.1) is 6.42 Å². The van der Waals surface area contributed by atoms with Gasteiger partial charge in [-0.25, -0.2) is 9.78 Å². The summed E-state index contributed by atoms with van der Waals surface area (Å²) >= 11 is 0. The van der Waals surface area contributed by atoms with Gasteiger partial charge in [0, 0.05) is 38.7 Å². The number of likely N-dealkylation sites (N-methyl/N-ethyl adjacent to an activating group) is 1. The van der Waals surface area contributed by atoms with E-state index >= 15 is 0 Å². The summed E-state index contributed by atoms with van der Waals surface area (Å²) in [5.74, 6) is 0.444. The number of benzene rings is 1. The van der Waals surface area contributed by atoms with E-state index in [0.717, 1.165) is 18.4 Å². The van der Waals surface area contributed by atoms with Gasteiger partial charge in [0.25, 0.3) is 5.56 Å². The Morgan fingerprint density at radius 3 is 2.54 bits per heavy atom. The Morgan fingerprint density at radius 2 is 1.86 bits per heavy atom. The summed E-state index contributed by atoms with van der Waals surface area (Å²) < 4.78 is 3.34. The number of aromatic amines is 1. The molecule has 188 valence electrons. The highest BCUT2D eigenvalue weighted by Gasteiger charge is 2.20. The van der Waals surface area contributed by atoms with Gasteiger partial charge in [-0.15, -0.1) is 0 Å². The third-order valence-electron chi connectivity index (χ3n) is 5.74. The number of para-hydroxylation sites is 1. The highest BCUT2D eigenvalue weighted by molar-refractivity contribution is 5.92. The average molecular weight is 483 g/mol. The summed E-state index contributed by atoms with van der Waals surface area (Å²) in [6, 6.07) is 7.18. The zero-order chi connectivity index (χ0) is 25.5. The van der Waals surface area contributed by atoms with Crippen LogP contribution in [0.1, 0.15) is 51.4 Å². The molecule has 0 unspecified atom stereocenters. The van der Waals surface area contributed by atoms with Gasteiger partial charge in [-0.3, -0.25) is 23.9 Å². The first kappa shape index (κ1) is 25.9. The van der Waals surface area contributed by atoms with Gasteiger partial charge in [-0.1, -0.05) is 45.4 Å². The molecule has 2 heterocycles. The van der Waals surface area contributed by atoms with Crippen LogP contribution in [0.25, 0.3) is 11.2 Å². The van der Waals surface area contributed by atoms with Crippen molar-refractivity contribution < 1.29 is 9.59 Å². The maximum Gasteiger partial charge on any atom is 0.330 e. The van der Waals surface area contributed by atoms with Crippen molar-refractivity contribution in [2.45, 2.75) is 66.0 Å². The number of aromatic nitrogens is 4. The second kappa shape index (κ2) is 11.6. The van der Waals surface area contributed by atoms with Gasteiger partial charge in [0.1, 0.15) is 5.82 Å². The van der Waals surface area contributed by atoms with E-state index in [1.807, 2.05) is 31.4 Å². The van der Waals surface area contributed by atoms with E-state index in [-0.39, 0.29) is 30.6 Å². The Labute approximate surface area is 203 Å². The summed E-state index contributed by atoms with van der Waals surface area (Å²) in [6.45, 7) is 7.10. The molecule has 0 aliphatic carbocycles. The Balaban J connectivity index is 1.88. The fraction of sp³-hybridized carbons (Fsp3) is 0.480. The number of amides is 2. The van der Waals surface area contributed by atoms with Crippen molar-refractivity contribution in [1.82, 2.24) is 24.4 Å². The zero-order valence-corrected chi connectivity index (χ0v) is 20.8. The van der Waals surface area contributed by atoms with Crippen LogP contribution < -0.4 is 21.9 Å². The van der Waals surface area contributed by atoms with Crippen molar-refractivity contribution in [3.63, 3.8) is 0 Å². The van der Waals surface area contributed by atoms with E-state index in [4.69, 9.17) is 0 Å². The number of anilines is 1. The minimum absolute atomic E-state index is 0.132. The molecule has 0 saturated carbocycles. The topological polar surface area (TPSA) is 131 Å². The number of hydrogen-bond acceptors (Lipinski definition) is 5. The minimum Gasteiger partial charge on any atom is -0.359 e. The van der Waals surface area contributed by atoms with Crippen LogP contribution in [0.2, 0.25) is 0 Å². The molecule has 10 nitrogen and oxygen atoms in total. The summed E-state index contributed by atoms with van der Waals surface area (Å²) in [5, 5.41) is 5.47. The van der Waals surface area contributed by atoms with Crippen molar-refractivity contribution in [2.75, 3.05) is 12.4 Å². The van der Waals surface area contributed by atoms with Gasteiger partial charge >= 0.3 is 5.69 Å². The molecule has 1 aromatic carbocycles. The van der Waals surface area contributed by atoms with Crippen LogP contribution in [-0.4, -0.2) is 38.0 Å². The van der Waals surface area contributed by atoms with E-state index in [1.165, 1.54) is 4.57 Å². The Kier molecular flexibility index (Phi) is 8.62. The molecule has 0 aliphatic rings.